The molecule has 0 spiro atoms. The highest BCUT2D eigenvalue weighted by atomic mass is 32.2. The number of nitrogens with one attached hydrogen (secondary N) is 1. The molecule has 0 saturated heterocycles. The smallest absolute Gasteiger partial charge is 0.253 e. The van der Waals surface area contributed by atoms with E-state index in [1.165, 1.54) is 31.4 Å². The van der Waals surface area contributed by atoms with Gasteiger partial charge in [-0.25, -0.2) is 12.8 Å². The molecule has 0 unspecified atom stereocenters. The molecule has 152 valence electrons. The Bertz CT molecular complexity index is 875. The van der Waals surface area contributed by atoms with Crippen LogP contribution in [0.5, 0.6) is 0 Å². The van der Waals surface area contributed by atoms with Gasteiger partial charge >= 0.3 is 0 Å². The fraction of sp³-hybridized carbons (Fsp3) is 0.571. The highest BCUT2D eigenvalue weighted by Crippen LogP contribution is 2.55. The van der Waals surface area contributed by atoms with Crippen molar-refractivity contribution in [3.63, 3.8) is 0 Å². The summed E-state index contributed by atoms with van der Waals surface area (Å²) in [7, 11) is -3.98. The standard InChI is InChI=1S/C21H27FN2O3S/c22-17(5-6-23)13-28(26,27)19-4-2-1-3-18(19)20(25)24-21-10-14-7-15(11-21)9-16(8-14)12-21/h1-5,14-16H,6-13,23H2,(H,24,25)/b17-5-. The Morgan fingerprint density at radius 1 is 1.14 bits per heavy atom. The van der Waals surface area contributed by atoms with Crippen molar-refractivity contribution in [1.29, 1.82) is 0 Å². The lowest BCUT2D eigenvalue weighted by molar-refractivity contribution is -0.0167. The molecule has 0 heterocycles. The lowest BCUT2D eigenvalue weighted by Gasteiger charge is -2.56. The normalized spacial score (nSPS) is 31.8. The lowest BCUT2D eigenvalue weighted by atomic mass is 9.53. The summed E-state index contributed by atoms with van der Waals surface area (Å²) >= 11 is 0. The van der Waals surface area contributed by atoms with E-state index in [-0.39, 0.29) is 28.4 Å². The van der Waals surface area contributed by atoms with Gasteiger partial charge in [-0.1, -0.05) is 12.1 Å². The molecule has 3 N–H and O–H groups in total. The van der Waals surface area contributed by atoms with Crippen LogP contribution in [0, 0.1) is 17.8 Å². The highest BCUT2D eigenvalue weighted by Gasteiger charge is 2.51. The van der Waals surface area contributed by atoms with Gasteiger partial charge in [-0.3, -0.25) is 4.79 Å². The number of hydrogen-bond acceptors (Lipinski definition) is 4. The summed E-state index contributed by atoms with van der Waals surface area (Å²) < 4.78 is 39.2. The molecular weight excluding hydrogens is 379 g/mol. The average molecular weight is 407 g/mol. The molecule has 4 aliphatic carbocycles. The minimum absolute atomic E-state index is 0.0739. The van der Waals surface area contributed by atoms with E-state index in [0.717, 1.165) is 25.3 Å². The molecule has 0 atom stereocenters. The van der Waals surface area contributed by atoms with Crippen LogP contribution in [0.25, 0.3) is 0 Å². The number of nitrogens with two attached hydrogens (primary N) is 1. The fourth-order valence-corrected chi connectivity index (χ4v) is 7.36. The topological polar surface area (TPSA) is 89.3 Å². The minimum atomic E-state index is -3.98. The Hall–Kier alpha value is -1.73. The van der Waals surface area contributed by atoms with E-state index in [4.69, 9.17) is 5.73 Å². The molecule has 4 bridgehead atoms. The number of sulfone groups is 1. The molecule has 5 rings (SSSR count). The van der Waals surface area contributed by atoms with E-state index in [2.05, 4.69) is 5.32 Å². The summed E-state index contributed by atoms with van der Waals surface area (Å²) in [5, 5.41) is 3.20. The summed E-state index contributed by atoms with van der Waals surface area (Å²) in [6, 6.07) is 6.07. The second kappa shape index (κ2) is 7.26. The molecule has 28 heavy (non-hydrogen) atoms. The molecule has 4 saturated carbocycles. The first-order valence-electron chi connectivity index (χ1n) is 9.99. The van der Waals surface area contributed by atoms with Crippen LogP contribution in [-0.4, -0.2) is 32.2 Å². The second-order valence-electron chi connectivity index (χ2n) is 8.79. The monoisotopic (exact) mass is 406 g/mol. The van der Waals surface area contributed by atoms with Gasteiger partial charge in [0, 0.05) is 12.1 Å². The van der Waals surface area contributed by atoms with Gasteiger partial charge in [-0.15, -0.1) is 0 Å². The SMILES string of the molecule is NC/C=C(\F)CS(=O)(=O)c1ccccc1C(=O)NC12CC3CC(CC(C3)C1)C2. The Labute approximate surface area is 165 Å². The predicted octanol–water partition coefficient (Wildman–Crippen LogP) is 2.97. The Balaban J connectivity index is 1.58. The molecule has 1 amide bonds. The first-order chi connectivity index (χ1) is 13.3. The Kier molecular flexibility index (Phi) is 5.08. The number of benzene rings is 1. The second-order valence-corrected chi connectivity index (χ2v) is 10.8. The summed E-state index contributed by atoms with van der Waals surface area (Å²) in [5.41, 5.74) is 5.14. The maximum absolute atomic E-state index is 13.8. The van der Waals surface area contributed by atoms with Gasteiger partial charge in [-0.05, 0) is 74.5 Å². The molecule has 0 aromatic heterocycles. The van der Waals surface area contributed by atoms with Crippen LogP contribution in [0.1, 0.15) is 48.9 Å². The zero-order chi connectivity index (χ0) is 19.9. The molecular formula is C21H27FN2O3S. The van der Waals surface area contributed by atoms with Gasteiger partial charge in [0.15, 0.2) is 9.84 Å². The van der Waals surface area contributed by atoms with Crippen molar-refractivity contribution in [1.82, 2.24) is 5.32 Å². The van der Waals surface area contributed by atoms with Crippen LogP contribution < -0.4 is 11.1 Å². The maximum atomic E-state index is 13.8. The van der Waals surface area contributed by atoms with Crippen LogP contribution in [0.15, 0.2) is 41.1 Å². The van der Waals surface area contributed by atoms with E-state index in [0.29, 0.717) is 17.8 Å². The maximum Gasteiger partial charge on any atom is 0.253 e. The van der Waals surface area contributed by atoms with Crippen molar-refractivity contribution in [2.45, 2.75) is 49.0 Å². The van der Waals surface area contributed by atoms with Gasteiger partial charge in [0.2, 0.25) is 0 Å². The van der Waals surface area contributed by atoms with Crippen LogP contribution in [0.2, 0.25) is 0 Å². The number of halogens is 1. The number of rotatable bonds is 6. The summed E-state index contributed by atoms with van der Waals surface area (Å²) in [4.78, 5) is 13.0. The quantitative estimate of drug-likeness (QED) is 0.760. The van der Waals surface area contributed by atoms with Crippen molar-refractivity contribution >= 4 is 15.7 Å². The Morgan fingerprint density at radius 3 is 2.29 bits per heavy atom. The highest BCUT2D eigenvalue weighted by molar-refractivity contribution is 7.91. The molecule has 1 aromatic rings. The number of amides is 1. The predicted molar refractivity (Wildman–Crippen MR) is 105 cm³/mol. The third-order valence-corrected chi connectivity index (χ3v) is 8.23. The van der Waals surface area contributed by atoms with Crippen molar-refractivity contribution in [2.75, 3.05) is 12.3 Å². The van der Waals surface area contributed by atoms with E-state index >= 15 is 0 Å². The molecule has 4 fully saturated rings. The minimum Gasteiger partial charge on any atom is -0.347 e. The summed E-state index contributed by atoms with van der Waals surface area (Å²) in [5.74, 6) is 0.0393. The van der Waals surface area contributed by atoms with Gasteiger partial charge in [-0.2, -0.15) is 0 Å². The largest absolute Gasteiger partial charge is 0.347 e. The van der Waals surface area contributed by atoms with E-state index in [1.54, 1.807) is 12.1 Å². The van der Waals surface area contributed by atoms with Crippen molar-refractivity contribution in [3.05, 3.63) is 41.7 Å². The first-order valence-corrected chi connectivity index (χ1v) is 11.6. The van der Waals surface area contributed by atoms with Crippen molar-refractivity contribution < 1.29 is 17.6 Å². The van der Waals surface area contributed by atoms with Gasteiger partial charge in [0.1, 0.15) is 11.6 Å². The molecule has 1 aromatic carbocycles. The number of hydrogen-bond donors (Lipinski definition) is 2. The van der Waals surface area contributed by atoms with Gasteiger partial charge < -0.3 is 11.1 Å². The van der Waals surface area contributed by atoms with Crippen LogP contribution in [-0.2, 0) is 9.84 Å². The number of carbonyl (C=O) groups excluding carboxylic acids is 1. The summed E-state index contributed by atoms with van der Waals surface area (Å²) in [6.45, 7) is -0.0739. The molecule has 4 aliphatic rings. The van der Waals surface area contributed by atoms with Crippen LogP contribution in [0.3, 0.4) is 0 Å². The van der Waals surface area contributed by atoms with E-state index < -0.39 is 21.4 Å². The molecule has 5 nitrogen and oxygen atoms in total. The lowest BCUT2D eigenvalue weighted by Crippen LogP contribution is -2.59. The number of carbonyl (C=O) groups is 1. The van der Waals surface area contributed by atoms with Crippen molar-refractivity contribution in [3.8, 4) is 0 Å². The molecule has 0 radical (unpaired) electrons. The molecule has 0 aliphatic heterocycles. The van der Waals surface area contributed by atoms with Gasteiger partial charge in [0.05, 0.1) is 10.5 Å². The van der Waals surface area contributed by atoms with E-state index in [1.807, 2.05) is 0 Å². The zero-order valence-electron chi connectivity index (χ0n) is 15.9. The van der Waals surface area contributed by atoms with Crippen molar-refractivity contribution in [2.24, 2.45) is 23.5 Å². The Morgan fingerprint density at radius 2 is 1.71 bits per heavy atom. The first kappa shape index (κ1) is 19.6. The summed E-state index contributed by atoms with van der Waals surface area (Å²) in [6.07, 6.45) is 7.75. The third kappa shape index (κ3) is 3.74. The average Bonchev–Trinajstić information content (AvgIpc) is 2.60. The van der Waals surface area contributed by atoms with E-state index in [9.17, 15) is 17.6 Å². The fourth-order valence-electron chi connectivity index (χ4n) is 5.94. The van der Waals surface area contributed by atoms with Crippen LogP contribution in [0.4, 0.5) is 4.39 Å². The van der Waals surface area contributed by atoms with Gasteiger partial charge in [0.25, 0.3) is 5.91 Å². The van der Waals surface area contributed by atoms with Crippen LogP contribution >= 0.6 is 0 Å². The third-order valence-electron chi connectivity index (χ3n) is 6.55. The molecule has 7 heteroatoms. The zero-order valence-corrected chi connectivity index (χ0v) is 16.7.